The van der Waals surface area contributed by atoms with Gasteiger partial charge in [0.25, 0.3) is 0 Å². The summed E-state index contributed by atoms with van der Waals surface area (Å²) in [7, 11) is 0. The predicted molar refractivity (Wildman–Crippen MR) is 55.8 cm³/mol. The van der Waals surface area contributed by atoms with Gasteiger partial charge >= 0.3 is 5.97 Å². The molecule has 88 valence electrons. The molecule has 0 aromatic rings. The van der Waals surface area contributed by atoms with Crippen molar-refractivity contribution in [3.63, 3.8) is 0 Å². The van der Waals surface area contributed by atoms with Crippen LogP contribution in [-0.2, 0) is 14.3 Å². The molecule has 0 aromatic carbocycles. The third-order valence-corrected chi connectivity index (χ3v) is 2.02. The number of amides is 1. The molecule has 1 atom stereocenters. The zero-order chi connectivity index (χ0) is 11.9. The second-order valence-electron chi connectivity index (χ2n) is 3.04. The number of hydrogen-bond donors (Lipinski definition) is 2. The van der Waals surface area contributed by atoms with Crippen LogP contribution in [0.2, 0.25) is 0 Å². The first-order valence-electron chi connectivity index (χ1n) is 4.77. The minimum absolute atomic E-state index is 0.244. The number of ether oxygens (including phenoxy) is 1. The van der Waals surface area contributed by atoms with Crippen molar-refractivity contribution in [2.45, 2.75) is 31.7 Å². The quantitative estimate of drug-likeness (QED) is 0.511. The number of hydrogen-bond acceptors (Lipinski definition) is 3. The molecule has 1 amide bonds. The Morgan fingerprint density at radius 1 is 1.47 bits per heavy atom. The number of halogens is 1. The van der Waals surface area contributed by atoms with Gasteiger partial charge in [-0.25, -0.2) is 4.79 Å². The summed E-state index contributed by atoms with van der Waals surface area (Å²) in [5.74, 6) is -1.71. The monoisotopic (exact) mass is 237 g/mol. The molecular weight excluding hydrogens is 222 g/mol. The van der Waals surface area contributed by atoms with Gasteiger partial charge in [0.2, 0.25) is 10.9 Å². The zero-order valence-electron chi connectivity index (χ0n) is 8.88. The maximum absolute atomic E-state index is 11.2. The highest BCUT2D eigenvalue weighted by Crippen LogP contribution is 2.13. The number of carbonyl (C=O) groups excluding carboxylic acids is 1. The summed E-state index contributed by atoms with van der Waals surface area (Å²) in [5, 5.41) is 11.1. The third kappa shape index (κ3) is 4.99. The first-order valence-corrected chi connectivity index (χ1v) is 5.15. The number of nitrogens with one attached hydrogen (secondary N) is 1. The number of carboxylic acid groups (broad SMARTS) is 1. The van der Waals surface area contributed by atoms with E-state index in [1.165, 1.54) is 0 Å². The summed E-state index contributed by atoms with van der Waals surface area (Å²) >= 11 is 5.73. The Bertz CT molecular complexity index is 234. The number of carboxylic acids is 1. The van der Waals surface area contributed by atoms with Crippen LogP contribution < -0.4 is 5.32 Å². The number of rotatable bonds is 7. The zero-order valence-corrected chi connectivity index (χ0v) is 9.63. The summed E-state index contributed by atoms with van der Waals surface area (Å²) in [6.07, 6.45) is 0.876. The van der Waals surface area contributed by atoms with E-state index in [0.29, 0.717) is 13.0 Å². The molecule has 0 aromatic heterocycles. The smallest absolute Gasteiger partial charge is 0.347 e. The molecule has 0 radical (unpaired) electrons. The van der Waals surface area contributed by atoms with Gasteiger partial charge < -0.3 is 15.2 Å². The van der Waals surface area contributed by atoms with Crippen LogP contribution >= 0.6 is 11.6 Å². The summed E-state index contributed by atoms with van der Waals surface area (Å²) in [6, 6.07) is 0. The Morgan fingerprint density at radius 2 is 2.07 bits per heavy atom. The molecule has 1 unspecified atom stereocenters. The fourth-order valence-electron chi connectivity index (χ4n) is 0.905. The lowest BCUT2D eigenvalue weighted by molar-refractivity contribution is -0.145. The number of carbonyl (C=O) groups is 2. The minimum Gasteiger partial charge on any atom is -0.479 e. The van der Waals surface area contributed by atoms with Crippen LogP contribution in [-0.4, -0.2) is 35.2 Å². The van der Waals surface area contributed by atoms with Crippen LogP contribution in [0, 0.1) is 0 Å². The molecule has 0 saturated carbocycles. The molecule has 0 rings (SSSR count). The highest BCUT2D eigenvalue weighted by molar-refractivity contribution is 6.34. The first kappa shape index (κ1) is 14.2. The molecule has 6 heteroatoms. The van der Waals surface area contributed by atoms with Crippen LogP contribution in [0.5, 0.6) is 0 Å². The normalized spacial score (nSPS) is 14.3. The van der Waals surface area contributed by atoms with Crippen LogP contribution in [0.3, 0.4) is 0 Å². The average Bonchev–Trinajstić information content (AvgIpc) is 2.14. The van der Waals surface area contributed by atoms with Crippen molar-refractivity contribution in [3.05, 3.63) is 0 Å². The van der Waals surface area contributed by atoms with E-state index in [0.717, 1.165) is 0 Å². The van der Waals surface area contributed by atoms with E-state index in [1.807, 2.05) is 6.92 Å². The van der Waals surface area contributed by atoms with E-state index < -0.39 is 16.9 Å². The summed E-state index contributed by atoms with van der Waals surface area (Å²) in [5.41, 5.74) is 0. The van der Waals surface area contributed by atoms with Gasteiger partial charge in [0.15, 0.2) is 0 Å². The van der Waals surface area contributed by atoms with E-state index in [1.54, 1.807) is 6.92 Å². The van der Waals surface area contributed by atoms with Crippen LogP contribution in [0.1, 0.15) is 26.7 Å². The second kappa shape index (κ2) is 6.63. The van der Waals surface area contributed by atoms with E-state index in [-0.39, 0.29) is 13.0 Å². The van der Waals surface area contributed by atoms with Gasteiger partial charge in [-0.2, -0.15) is 0 Å². The van der Waals surface area contributed by atoms with Gasteiger partial charge in [-0.15, -0.1) is 0 Å². The van der Waals surface area contributed by atoms with E-state index in [9.17, 15) is 9.59 Å². The van der Waals surface area contributed by atoms with Crippen LogP contribution in [0.15, 0.2) is 0 Å². The number of aliphatic carboxylic acids is 1. The molecule has 0 spiro atoms. The molecular formula is C9H16ClNO4. The van der Waals surface area contributed by atoms with Crippen molar-refractivity contribution >= 4 is 23.5 Å². The molecule has 2 N–H and O–H groups in total. The Hall–Kier alpha value is -0.810. The SMILES string of the molecule is CCCC(=O)NC(Cl)(COCC)C(=O)O. The fourth-order valence-corrected chi connectivity index (χ4v) is 1.09. The summed E-state index contributed by atoms with van der Waals surface area (Å²) in [6.45, 7) is 3.62. The van der Waals surface area contributed by atoms with E-state index in [4.69, 9.17) is 21.4 Å². The molecule has 15 heavy (non-hydrogen) atoms. The van der Waals surface area contributed by atoms with Crippen molar-refractivity contribution in [1.29, 1.82) is 0 Å². The Balaban J connectivity index is 4.37. The Kier molecular flexibility index (Phi) is 6.27. The van der Waals surface area contributed by atoms with Crippen molar-refractivity contribution in [2.24, 2.45) is 0 Å². The molecule has 0 aliphatic heterocycles. The molecule has 0 aliphatic rings. The Labute approximate surface area is 93.7 Å². The second-order valence-corrected chi connectivity index (χ2v) is 3.69. The van der Waals surface area contributed by atoms with Gasteiger partial charge in [-0.3, -0.25) is 4.79 Å². The molecule has 0 aliphatic carbocycles. The minimum atomic E-state index is -1.86. The maximum Gasteiger partial charge on any atom is 0.347 e. The number of alkyl halides is 1. The molecule has 0 heterocycles. The third-order valence-electron chi connectivity index (χ3n) is 1.66. The molecule has 5 nitrogen and oxygen atoms in total. The van der Waals surface area contributed by atoms with Crippen LogP contribution in [0.25, 0.3) is 0 Å². The summed E-state index contributed by atoms with van der Waals surface area (Å²) in [4.78, 5) is 20.2. The van der Waals surface area contributed by atoms with Gasteiger partial charge in [0.1, 0.15) is 0 Å². The highest BCUT2D eigenvalue weighted by Gasteiger charge is 2.38. The first-order chi connectivity index (χ1) is 6.96. The van der Waals surface area contributed by atoms with Crippen molar-refractivity contribution in [3.8, 4) is 0 Å². The summed E-state index contributed by atoms with van der Waals surface area (Å²) < 4.78 is 4.91. The predicted octanol–water partition coefficient (Wildman–Crippen LogP) is 0.959. The molecule has 0 saturated heterocycles. The van der Waals surface area contributed by atoms with Gasteiger partial charge in [0, 0.05) is 13.0 Å². The van der Waals surface area contributed by atoms with Crippen molar-refractivity contribution < 1.29 is 19.4 Å². The van der Waals surface area contributed by atoms with Crippen LogP contribution in [0.4, 0.5) is 0 Å². The molecule has 0 fully saturated rings. The van der Waals surface area contributed by atoms with E-state index >= 15 is 0 Å². The largest absolute Gasteiger partial charge is 0.479 e. The fraction of sp³-hybridized carbons (Fsp3) is 0.778. The van der Waals surface area contributed by atoms with Gasteiger partial charge in [0.05, 0.1) is 6.61 Å². The topological polar surface area (TPSA) is 75.6 Å². The molecule has 0 bridgehead atoms. The lowest BCUT2D eigenvalue weighted by atomic mass is 10.2. The highest BCUT2D eigenvalue weighted by atomic mass is 35.5. The average molecular weight is 238 g/mol. The van der Waals surface area contributed by atoms with Gasteiger partial charge in [-0.05, 0) is 13.3 Å². The Morgan fingerprint density at radius 3 is 2.47 bits per heavy atom. The lowest BCUT2D eigenvalue weighted by Gasteiger charge is -2.23. The van der Waals surface area contributed by atoms with Gasteiger partial charge in [-0.1, -0.05) is 18.5 Å². The van der Waals surface area contributed by atoms with Crippen molar-refractivity contribution in [2.75, 3.05) is 13.2 Å². The van der Waals surface area contributed by atoms with Crippen molar-refractivity contribution in [1.82, 2.24) is 5.32 Å². The maximum atomic E-state index is 11.2. The van der Waals surface area contributed by atoms with E-state index in [2.05, 4.69) is 5.32 Å². The standard InChI is InChI=1S/C9H16ClNO4/c1-3-5-7(12)11-9(10,8(13)14)6-15-4-2/h3-6H2,1-2H3,(H,11,12)(H,13,14). The lowest BCUT2D eigenvalue weighted by Crippen LogP contribution is -2.53.